The van der Waals surface area contributed by atoms with Crippen molar-refractivity contribution in [3.8, 4) is 0 Å². The number of carbonyl (C=O) groups is 1. The zero-order valence-electron chi connectivity index (χ0n) is 15.6. The summed E-state index contributed by atoms with van der Waals surface area (Å²) in [6.07, 6.45) is 6.33. The highest BCUT2D eigenvalue weighted by Gasteiger charge is 2.21. The van der Waals surface area contributed by atoms with Gasteiger partial charge in [0.25, 0.3) is 0 Å². The third kappa shape index (κ3) is 9.37. The number of amides is 1. The number of rotatable bonds is 10. The van der Waals surface area contributed by atoms with Gasteiger partial charge in [-0.05, 0) is 44.6 Å². The minimum Gasteiger partial charge on any atom is -0.357 e. The maximum Gasteiger partial charge on any atom is 0.234 e. The van der Waals surface area contributed by atoms with Crippen LogP contribution in [-0.4, -0.2) is 74.1 Å². The lowest BCUT2D eigenvalue weighted by Gasteiger charge is -2.32. The Hall–Kier alpha value is -0.950. The number of carbonyl (C=O) groups excluding carboxylic acids is 1. The monoisotopic (exact) mass is 357 g/mol. The van der Waals surface area contributed by atoms with Crippen molar-refractivity contribution in [2.75, 3.05) is 51.3 Å². The number of hydrogen-bond donors (Lipinski definition) is 3. The Morgan fingerprint density at radius 1 is 1.25 bits per heavy atom. The number of nitrogens with zero attached hydrogens (tertiary/aromatic N) is 2. The fourth-order valence-corrected chi connectivity index (χ4v) is 3.09. The number of piperidine rings is 1. The molecular weight excluding hydrogens is 322 g/mol. The molecule has 24 heavy (non-hydrogen) atoms. The highest BCUT2D eigenvalue weighted by Crippen LogP contribution is 2.09. The van der Waals surface area contributed by atoms with Gasteiger partial charge < -0.3 is 16.0 Å². The SMILES string of the molecule is CCCNC(=O)CN1CCC(NC(=NCCCSC)NCC)CC1. The topological polar surface area (TPSA) is 68.8 Å². The van der Waals surface area contributed by atoms with Crippen molar-refractivity contribution >= 4 is 23.6 Å². The van der Waals surface area contributed by atoms with E-state index in [1.165, 1.54) is 0 Å². The first-order chi connectivity index (χ1) is 11.7. The highest BCUT2D eigenvalue weighted by molar-refractivity contribution is 7.98. The molecule has 0 saturated carbocycles. The fourth-order valence-electron chi connectivity index (χ4n) is 2.67. The second-order valence-corrected chi connectivity index (χ2v) is 7.14. The van der Waals surface area contributed by atoms with Crippen LogP contribution in [0.25, 0.3) is 0 Å². The number of thioether (sulfide) groups is 1. The molecule has 0 radical (unpaired) electrons. The van der Waals surface area contributed by atoms with Gasteiger partial charge in [0.15, 0.2) is 5.96 Å². The smallest absolute Gasteiger partial charge is 0.234 e. The van der Waals surface area contributed by atoms with Crippen molar-refractivity contribution in [3.63, 3.8) is 0 Å². The molecule has 0 bridgehead atoms. The number of likely N-dealkylation sites (tertiary alicyclic amines) is 1. The molecule has 0 aliphatic carbocycles. The van der Waals surface area contributed by atoms with E-state index in [0.29, 0.717) is 12.6 Å². The average Bonchev–Trinajstić information content (AvgIpc) is 2.58. The highest BCUT2D eigenvalue weighted by atomic mass is 32.2. The van der Waals surface area contributed by atoms with Gasteiger partial charge in [0.05, 0.1) is 6.54 Å². The summed E-state index contributed by atoms with van der Waals surface area (Å²) >= 11 is 1.86. The third-order valence-electron chi connectivity index (χ3n) is 3.99. The van der Waals surface area contributed by atoms with Gasteiger partial charge in [-0.15, -0.1) is 0 Å². The summed E-state index contributed by atoms with van der Waals surface area (Å²) in [5, 5.41) is 9.82. The summed E-state index contributed by atoms with van der Waals surface area (Å²) < 4.78 is 0. The molecular formula is C17H35N5OS. The molecule has 1 heterocycles. The summed E-state index contributed by atoms with van der Waals surface area (Å²) in [6, 6.07) is 0.443. The first-order valence-electron chi connectivity index (χ1n) is 9.22. The second-order valence-electron chi connectivity index (χ2n) is 6.15. The van der Waals surface area contributed by atoms with Gasteiger partial charge in [0, 0.05) is 38.8 Å². The first kappa shape index (κ1) is 21.1. The molecule has 1 fully saturated rings. The van der Waals surface area contributed by atoms with E-state index in [1.54, 1.807) is 0 Å². The van der Waals surface area contributed by atoms with Gasteiger partial charge in [-0.3, -0.25) is 14.7 Å². The Morgan fingerprint density at radius 2 is 2.00 bits per heavy atom. The molecule has 7 heteroatoms. The van der Waals surface area contributed by atoms with Crippen molar-refractivity contribution in [1.29, 1.82) is 0 Å². The zero-order valence-corrected chi connectivity index (χ0v) is 16.4. The lowest BCUT2D eigenvalue weighted by Crippen LogP contribution is -2.50. The third-order valence-corrected chi connectivity index (χ3v) is 4.69. The van der Waals surface area contributed by atoms with Crippen LogP contribution in [0.2, 0.25) is 0 Å². The molecule has 6 nitrogen and oxygen atoms in total. The lowest BCUT2D eigenvalue weighted by molar-refractivity contribution is -0.122. The molecule has 1 aliphatic rings. The molecule has 3 N–H and O–H groups in total. The van der Waals surface area contributed by atoms with Crippen LogP contribution in [0.15, 0.2) is 4.99 Å². The summed E-state index contributed by atoms with van der Waals surface area (Å²) in [4.78, 5) is 18.7. The number of guanidine groups is 1. The zero-order chi connectivity index (χ0) is 17.6. The van der Waals surface area contributed by atoms with Gasteiger partial charge in [-0.1, -0.05) is 6.92 Å². The number of aliphatic imine (C=N–C) groups is 1. The van der Waals surface area contributed by atoms with Crippen LogP contribution in [0.1, 0.15) is 39.5 Å². The van der Waals surface area contributed by atoms with Crippen LogP contribution in [0.5, 0.6) is 0 Å². The number of hydrogen-bond acceptors (Lipinski definition) is 4. The van der Waals surface area contributed by atoms with Gasteiger partial charge in [-0.25, -0.2) is 0 Å². The summed E-state index contributed by atoms with van der Waals surface area (Å²) in [5.74, 6) is 2.23. The van der Waals surface area contributed by atoms with Crippen LogP contribution in [-0.2, 0) is 4.79 Å². The molecule has 0 aromatic carbocycles. The van der Waals surface area contributed by atoms with Crippen LogP contribution >= 0.6 is 11.8 Å². The molecule has 0 atom stereocenters. The minimum atomic E-state index is 0.145. The molecule has 0 aromatic heterocycles. The molecule has 0 spiro atoms. The van der Waals surface area contributed by atoms with E-state index in [0.717, 1.165) is 70.1 Å². The predicted octanol–water partition coefficient (Wildman–Crippen LogP) is 1.29. The fraction of sp³-hybridized carbons (Fsp3) is 0.882. The van der Waals surface area contributed by atoms with E-state index in [-0.39, 0.29) is 5.91 Å². The van der Waals surface area contributed by atoms with E-state index >= 15 is 0 Å². The van der Waals surface area contributed by atoms with Crippen LogP contribution in [0.3, 0.4) is 0 Å². The molecule has 0 aromatic rings. The Kier molecular flexibility index (Phi) is 11.7. The Labute approximate surface area is 151 Å². The van der Waals surface area contributed by atoms with Gasteiger partial charge in [0.1, 0.15) is 0 Å². The quantitative estimate of drug-likeness (QED) is 0.312. The Morgan fingerprint density at radius 3 is 2.62 bits per heavy atom. The van der Waals surface area contributed by atoms with Crippen molar-refractivity contribution in [2.24, 2.45) is 4.99 Å². The predicted molar refractivity (Wildman–Crippen MR) is 105 cm³/mol. The normalized spacial score (nSPS) is 16.9. The van der Waals surface area contributed by atoms with Crippen molar-refractivity contribution in [1.82, 2.24) is 20.9 Å². The lowest BCUT2D eigenvalue weighted by atomic mass is 10.1. The first-order valence-corrected chi connectivity index (χ1v) is 10.6. The van der Waals surface area contributed by atoms with E-state index in [1.807, 2.05) is 11.8 Å². The summed E-state index contributed by atoms with van der Waals surface area (Å²) in [7, 11) is 0. The van der Waals surface area contributed by atoms with Gasteiger partial charge in [-0.2, -0.15) is 11.8 Å². The van der Waals surface area contributed by atoms with Crippen LogP contribution < -0.4 is 16.0 Å². The van der Waals surface area contributed by atoms with E-state index in [4.69, 9.17) is 0 Å². The van der Waals surface area contributed by atoms with E-state index in [9.17, 15) is 4.79 Å². The van der Waals surface area contributed by atoms with Crippen molar-refractivity contribution in [3.05, 3.63) is 0 Å². The minimum absolute atomic E-state index is 0.145. The standard InChI is InChI=1S/C17H35N5OS/c1-4-9-19-16(23)14-22-11-7-15(8-12-22)21-17(18-5-2)20-10-6-13-24-3/h15H,4-14H2,1-3H3,(H,19,23)(H2,18,20,21). The molecule has 1 saturated heterocycles. The number of nitrogens with one attached hydrogen (secondary N) is 3. The maximum absolute atomic E-state index is 11.8. The van der Waals surface area contributed by atoms with Crippen molar-refractivity contribution in [2.45, 2.75) is 45.6 Å². The van der Waals surface area contributed by atoms with Gasteiger partial charge >= 0.3 is 0 Å². The Balaban J connectivity index is 2.30. The molecule has 0 unspecified atom stereocenters. The molecule has 1 aliphatic heterocycles. The Bertz CT molecular complexity index is 370. The van der Waals surface area contributed by atoms with E-state index in [2.05, 4.69) is 45.9 Å². The summed E-state index contributed by atoms with van der Waals surface area (Å²) in [6.45, 7) is 9.13. The van der Waals surface area contributed by atoms with Crippen LogP contribution in [0, 0.1) is 0 Å². The summed E-state index contributed by atoms with van der Waals surface area (Å²) in [5.41, 5.74) is 0. The molecule has 1 rings (SSSR count). The maximum atomic E-state index is 11.8. The molecule has 1 amide bonds. The van der Waals surface area contributed by atoms with Crippen molar-refractivity contribution < 1.29 is 4.79 Å². The van der Waals surface area contributed by atoms with Gasteiger partial charge in [0.2, 0.25) is 5.91 Å². The second kappa shape index (κ2) is 13.4. The average molecular weight is 358 g/mol. The van der Waals surface area contributed by atoms with E-state index < -0.39 is 0 Å². The molecule has 140 valence electrons. The largest absolute Gasteiger partial charge is 0.357 e. The van der Waals surface area contributed by atoms with Crippen LogP contribution in [0.4, 0.5) is 0 Å².